The Balaban J connectivity index is 2.53. The van der Waals surface area contributed by atoms with Crippen LogP contribution in [0.5, 0.6) is 0 Å². The molecule has 2 atom stereocenters. The van der Waals surface area contributed by atoms with Gasteiger partial charge in [-0.15, -0.1) is 0 Å². The molecule has 3 nitrogen and oxygen atoms in total. The number of hydrogen-bond donors (Lipinski definition) is 1. The topological polar surface area (TPSA) is 43.8 Å². The molecule has 0 radical (unpaired) electrons. The predicted molar refractivity (Wildman–Crippen MR) is 63.6 cm³/mol. The van der Waals surface area contributed by atoms with Gasteiger partial charge in [0.05, 0.1) is 0 Å². The first-order valence-corrected chi connectivity index (χ1v) is 5.72. The van der Waals surface area contributed by atoms with Gasteiger partial charge in [-0.25, -0.2) is 4.98 Å². The molecular weight excluding hydrogens is 186 g/mol. The average Bonchev–Trinajstić information content (AvgIpc) is 2.60. The predicted octanol–water partition coefficient (Wildman–Crippen LogP) is 2.12. The van der Waals surface area contributed by atoms with Crippen molar-refractivity contribution in [3.63, 3.8) is 0 Å². The van der Waals surface area contributed by atoms with Crippen molar-refractivity contribution in [1.82, 2.24) is 9.55 Å². The summed E-state index contributed by atoms with van der Waals surface area (Å²) < 4.78 is 2.06. The molecule has 86 valence electrons. The molecular formula is C12H23N3. The number of imidazole rings is 1. The summed E-state index contributed by atoms with van der Waals surface area (Å²) in [6.07, 6.45) is 6.90. The van der Waals surface area contributed by atoms with Crippen LogP contribution < -0.4 is 5.73 Å². The van der Waals surface area contributed by atoms with Gasteiger partial charge in [-0.1, -0.05) is 20.3 Å². The van der Waals surface area contributed by atoms with Crippen LogP contribution in [0.3, 0.4) is 0 Å². The van der Waals surface area contributed by atoms with Gasteiger partial charge in [0, 0.05) is 31.4 Å². The van der Waals surface area contributed by atoms with Gasteiger partial charge in [0.15, 0.2) is 0 Å². The van der Waals surface area contributed by atoms with Crippen molar-refractivity contribution in [2.75, 3.05) is 0 Å². The maximum atomic E-state index is 6.30. The minimum atomic E-state index is -0.0826. The van der Waals surface area contributed by atoms with Crippen LogP contribution in [0.2, 0.25) is 0 Å². The Kier molecular flexibility index (Phi) is 3.91. The number of hydrogen-bond acceptors (Lipinski definition) is 2. The lowest BCUT2D eigenvalue weighted by Crippen LogP contribution is -2.43. The summed E-state index contributed by atoms with van der Waals surface area (Å²) in [5, 5.41) is 0. The average molecular weight is 209 g/mol. The molecule has 0 aromatic carbocycles. The highest BCUT2D eigenvalue weighted by atomic mass is 15.0. The smallest absolute Gasteiger partial charge is 0.108 e. The maximum absolute atomic E-state index is 6.30. The normalized spacial score (nSPS) is 17.4. The van der Waals surface area contributed by atoms with E-state index in [1.54, 1.807) is 0 Å². The van der Waals surface area contributed by atoms with Crippen molar-refractivity contribution in [2.24, 2.45) is 18.7 Å². The molecule has 0 saturated carbocycles. The molecule has 0 aliphatic heterocycles. The van der Waals surface area contributed by atoms with Gasteiger partial charge in [-0.2, -0.15) is 0 Å². The van der Waals surface area contributed by atoms with E-state index in [1.165, 1.54) is 0 Å². The van der Waals surface area contributed by atoms with Crippen LogP contribution in [0.1, 0.15) is 39.4 Å². The molecule has 3 heteroatoms. The van der Waals surface area contributed by atoms with Gasteiger partial charge in [0.1, 0.15) is 5.82 Å². The quantitative estimate of drug-likeness (QED) is 0.807. The van der Waals surface area contributed by atoms with E-state index in [9.17, 15) is 0 Å². The first kappa shape index (κ1) is 12.2. The minimum Gasteiger partial charge on any atom is -0.338 e. The van der Waals surface area contributed by atoms with Gasteiger partial charge in [0.2, 0.25) is 0 Å². The van der Waals surface area contributed by atoms with E-state index in [0.717, 1.165) is 25.1 Å². The van der Waals surface area contributed by atoms with Gasteiger partial charge in [-0.3, -0.25) is 0 Å². The lowest BCUT2D eigenvalue weighted by atomic mass is 9.82. The van der Waals surface area contributed by atoms with Crippen molar-refractivity contribution in [2.45, 2.75) is 45.6 Å². The third kappa shape index (κ3) is 3.06. The zero-order valence-electron chi connectivity index (χ0n) is 10.3. The Morgan fingerprint density at radius 2 is 2.27 bits per heavy atom. The zero-order valence-corrected chi connectivity index (χ0v) is 10.3. The summed E-state index contributed by atoms with van der Waals surface area (Å²) in [6.45, 7) is 6.55. The summed E-state index contributed by atoms with van der Waals surface area (Å²) in [5.41, 5.74) is 6.22. The SMILES string of the molecule is CCC(C)C(C)(N)CCc1nccn1C. The molecule has 2 unspecified atom stereocenters. The molecule has 1 aromatic heterocycles. The Bertz CT molecular complexity index is 302. The summed E-state index contributed by atoms with van der Waals surface area (Å²) in [4.78, 5) is 4.31. The molecule has 0 spiro atoms. The first-order valence-electron chi connectivity index (χ1n) is 5.72. The Morgan fingerprint density at radius 1 is 1.60 bits per heavy atom. The Morgan fingerprint density at radius 3 is 2.73 bits per heavy atom. The molecule has 0 fully saturated rings. The van der Waals surface area contributed by atoms with Crippen LogP contribution in [0.4, 0.5) is 0 Å². The van der Waals surface area contributed by atoms with Crippen molar-refractivity contribution in [3.8, 4) is 0 Å². The standard InChI is InChI=1S/C12H23N3/c1-5-10(2)12(3,13)7-6-11-14-8-9-15(11)4/h8-10H,5-7,13H2,1-4H3. The van der Waals surface area contributed by atoms with Gasteiger partial charge in [0.25, 0.3) is 0 Å². The third-order valence-corrected chi connectivity index (χ3v) is 3.55. The zero-order chi connectivity index (χ0) is 11.5. The highest BCUT2D eigenvalue weighted by Crippen LogP contribution is 2.22. The second kappa shape index (κ2) is 4.79. The molecule has 2 N–H and O–H groups in total. The van der Waals surface area contributed by atoms with E-state index in [4.69, 9.17) is 5.73 Å². The van der Waals surface area contributed by atoms with E-state index in [-0.39, 0.29) is 5.54 Å². The molecule has 1 rings (SSSR count). The minimum absolute atomic E-state index is 0.0826. The molecule has 1 aromatic rings. The number of nitrogens with two attached hydrogens (primary N) is 1. The summed E-state index contributed by atoms with van der Waals surface area (Å²) in [5.74, 6) is 1.67. The van der Waals surface area contributed by atoms with Gasteiger partial charge in [-0.05, 0) is 19.3 Å². The largest absolute Gasteiger partial charge is 0.338 e. The monoisotopic (exact) mass is 209 g/mol. The highest BCUT2D eigenvalue weighted by molar-refractivity contribution is 4.95. The van der Waals surface area contributed by atoms with E-state index in [0.29, 0.717) is 5.92 Å². The van der Waals surface area contributed by atoms with Crippen LogP contribution in [-0.2, 0) is 13.5 Å². The van der Waals surface area contributed by atoms with Crippen molar-refractivity contribution >= 4 is 0 Å². The number of nitrogens with zero attached hydrogens (tertiary/aromatic N) is 2. The van der Waals surface area contributed by atoms with Crippen molar-refractivity contribution in [3.05, 3.63) is 18.2 Å². The van der Waals surface area contributed by atoms with Crippen LogP contribution in [0, 0.1) is 5.92 Å². The van der Waals surface area contributed by atoms with E-state index in [2.05, 4.69) is 30.3 Å². The molecule has 0 bridgehead atoms. The fraction of sp³-hybridized carbons (Fsp3) is 0.750. The van der Waals surface area contributed by atoms with E-state index >= 15 is 0 Å². The third-order valence-electron chi connectivity index (χ3n) is 3.55. The molecule has 15 heavy (non-hydrogen) atoms. The highest BCUT2D eigenvalue weighted by Gasteiger charge is 2.25. The van der Waals surface area contributed by atoms with Crippen molar-refractivity contribution < 1.29 is 0 Å². The molecule has 0 amide bonds. The lowest BCUT2D eigenvalue weighted by molar-refractivity contribution is 0.287. The summed E-state index contributed by atoms with van der Waals surface area (Å²) >= 11 is 0. The second-order valence-electron chi connectivity index (χ2n) is 4.77. The second-order valence-corrected chi connectivity index (χ2v) is 4.77. The Labute approximate surface area is 92.7 Å². The lowest BCUT2D eigenvalue weighted by Gasteiger charge is -2.31. The fourth-order valence-electron chi connectivity index (χ4n) is 1.73. The van der Waals surface area contributed by atoms with Crippen LogP contribution in [0.25, 0.3) is 0 Å². The Hall–Kier alpha value is -0.830. The molecule has 1 heterocycles. The number of aromatic nitrogens is 2. The van der Waals surface area contributed by atoms with Gasteiger partial charge >= 0.3 is 0 Å². The van der Waals surface area contributed by atoms with Crippen LogP contribution in [-0.4, -0.2) is 15.1 Å². The van der Waals surface area contributed by atoms with Crippen LogP contribution in [0.15, 0.2) is 12.4 Å². The van der Waals surface area contributed by atoms with Gasteiger partial charge < -0.3 is 10.3 Å². The summed E-state index contributed by atoms with van der Waals surface area (Å²) in [6, 6.07) is 0. The molecule has 0 aliphatic carbocycles. The fourth-order valence-corrected chi connectivity index (χ4v) is 1.73. The maximum Gasteiger partial charge on any atom is 0.108 e. The molecule has 0 saturated heterocycles. The number of rotatable bonds is 5. The number of aryl methyl sites for hydroxylation is 2. The van der Waals surface area contributed by atoms with Crippen LogP contribution >= 0.6 is 0 Å². The summed E-state index contributed by atoms with van der Waals surface area (Å²) in [7, 11) is 2.03. The molecule has 0 aliphatic rings. The van der Waals surface area contributed by atoms with E-state index in [1.807, 2.05) is 19.4 Å². The van der Waals surface area contributed by atoms with Crippen molar-refractivity contribution in [1.29, 1.82) is 0 Å². The first-order chi connectivity index (χ1) is 6.97. The van der Waals surface area contributed by atoms with E-state index < -0.39 is 0 Å².